The van der Waals surface area contributed by atoms with Gasteiger partial charge in [-0.1, -0.05) is 37.5 Å². The van der Waals surface area contributed by atoms with Gasteiger partial charge in [0, 0.05) is 37.8 Å². The van der Waals surface area contributed by atoms with Crippen LogP contribution < -0.4 is 5.32 Å². The summed E-state index contributed by atoms with van der Waals surface area (Å²) in [6.45, 7) is 6.32. The lowest BCUT2D eigenvalue weighted by molar-refractivity contribution is 0.101. The number of hydrogen-bond acceptors (Lipinski definition) is 3. The fourth-order valence-corrected chi connectivity index (χ4v) is 4.08. The molecule has 0 radical (unpaired) electrons. The SMILES string of the molecule is Cc1cccc([C@@H](C2CCCCC2)N2CCNCC2)c1O.Cl.Cl. The number of aromatic hydroxyl groups is 1. The quantitative estimate of drug-likeness (QED) is 0.852. The molecule has 0 aromatic heterocycles. The zero-order valence-electron chi connectivity index (χ0n) is 14.0. The molecule has 23 heavy (non-hydrogen) atoms. The van der Waals surface area contributed by atoms with Crippen LogP contribution in [-0.2, 0) is 0 Å². The average molecular weight is 361 g/mol. The molecule has 0 spiro atoms. The molecule has 2 N–H and O–H groups in total. The molecule has 1 saturated heterocycles. The van der Waals surface area contributed by atoms with Crippen LogP contribution in [-0.4, -0.2) is 36.2 Å². The van der Waals surface area contributed by atoms with Crippen molar-refractivity contribution < 1.29 is 5.11 Å². The van der Waals surface area contributed by atoms with E-state index in [0.717, 1.165) is 37.3 Å². The maximum Gasteiger partial charge on any atom is 0.123 e. The number of benzene rings is 1. The molecule has 3 nitrogen and oxygen atoms in total. The van der Waals surface area contributed by atoms with E-state index in [1.165, 1.54) is 32.1 Å². The van der Waals surface area contributed by atoms with Gasteiger partial charge in [-0.05, 0) is 31.2 Å². The average Bonchev–Trinajstić information content (AvgIpc) is 2.54. The molecule has 5 heteroatoms. The van der Waals surface area contributed by atoms with E-state index in [4.69, 9.17) is 0 Å². The molecule has 0 amide bonds. The van der Waals surface area contributed by atoms with Gasteiger partial charge < -0.3 is 10.4 Å². The first-order valence-corrected chi connectivity index (χ1v) is 8.50. The molecule has 2 fully saturated rings. The number of nitrogens with zero attached hydrogens (tertiary/aromatic N) is 1. The Labute approximate surface area is 152 Å². The molecule has 1 saturated carbocycles. The van der Waals surface area contributed by atoms with Crippen molar-refractivity contribution in [2.75, 3.05) is 26.2 Å². The summed E-state index contributed by atoms with van der Waals surface area (Å²) in [6, 6.07) is 6.65. The monoisotopic (exact) mass is 360 g/mol. The second kappa shape index (κ2) is 9.73. The van der Waals surface area contributed by atoms with Crippen LogP contribution in [0.15, 0.2) is 18.2 Å². The van der Waals surface area contributed by atoms with E-state index in [0.29, 0.717) is 17.7 Å². The number of nitrogens with one attached hydrogen (secondary N) is 1. The number of hydrogen-bond donors (Lipinski definition) is 2. The third kappa shape index (κ3) is 4.76. The maximum absolute atomic E-state index is 10.6. The molecule has 1 aliphatic heterocycles. The summed E-state index contributed by atoms with van der Waals surface area (Å²) in [5, 5.41) is 14.0. The van der Waals surface area contributed by atoms with Gasteiger partial charge in [0.15, 0.2) is 0 Å². The second-order valence-corrected chi connectivity index (χ2v) is 6.64. The van der Waals surface area contributed by atoms with E-state index in [-0.39, 0.29) is 24.8 Å². The molecular weight excluding hydrogens is 331 g/mol. The van der Waals surface area contributed by atoms with Crippen molar-refractivity contribution in [1.29, 1.82) is 0 Å². The fraction of sp³-hybridized carbons (Fsp3) is 0.667. The summed E-state index contributed by atoms with van der Waals surface area (Å²) < 4.78 is 0. The molecule has 0 unspecified atom stereocenters. The number of phenols is 1. The minimum atomic E-state index is 0. The van der Waals surface area contributed by atoms with Gasteiger partial charge in [0.1, 0.15) is 5.75 Å². The Hall–Kier alpha value is -0.480. The highest BCUT2D eigenvalue weighted by atomic mass is 35.5. The zero-order chi connectivity index (χ0) is 14.7. The van der Waals surface area contributed by atoms with Crippen LogP contribution in [0.3, 0.4) is 0 Å². The lowest BCUT2D eigenvalue weighted by Gasteiger charge is -2.41. The topological polar surface area (TPSA) is 35.5 Å². The third-order valence-corrected chi connectivity index (χ3v) is 5.23. The van der Waals surface area contributed by atoms with Crippen LogP contribution in [0.2, 0.25) is 0 Å². The first-order chi connectivity index (χ1) is 10.3. The Kier molecular flexibility index (Phi) is 8.70. The fourth-order valence-electron chi connectivity index (χ4n) is 4.08. The predicted molar refractivity (Wildman–Crippen MR) is 101 cm³/mol. The molecule has 0 bridgehead atoms. The third-order valence-electron chi connectivity index (χ3n) is 5.23. The van der Waals surface area contributed by atoms with E-state index in [1.54, 1.807) is 0 Å². The van der Waals surface area contributed by atoms with Crippen molar-refractivity contribution in [3.05, 3.63) is 29.3 Å². The molecule has 1 aromatic carbocycles. The van der Waals surface area contributed by atoms with Crippen LogP contribution in [0.4, 0.5) is 0 Å². The highest BCUT2D eigenvalue weighted by Crippen LogP contribution is 2.42. The number of halogens is 2. The largest absolute Gasteiger partial charge is 0.507 e. The normalized spacial score (nSPS) is 21.1. The minimum Gasteiger partial charge on any atom is -0.507 e. The van der Waals surface area contributed by atoms with Crippen LogP contribution >= 0.6 is 24.8 Å². The van der Waals surface area contributed by atoms with Gasteiger partial charge in [0.05, 0.1) is 0 Å². The van der Waals surface area contributed by atoms with E-state index in [2.05, 4.69) is 22.3 Å². The summed E-state index contributed by atoms with van der Waals surface area (Å²) in [5.41, 5.74) is 2.16. The second-order valence-electron chi connectivity index (χ2n) is 6.64. The van der Waals surface area contributed by atoms with Gasteiger partial charge in [-0.25, -0.2) is 0 Å². The Balaban J connectivity index is 0.00000132. The van der Waals surface area contributed by atoms with Crippen LogP contribution in [0, 0.1) is 12.8 Å². The maximum atomic E-state index is 10.6. The molecule has 132 valence electrons. The Morgan fingerprint density at radius 3 is 2.39 bits per heavy atom. The number of para-hydroxylation sites is 1. The van der Waals surface area contributed by atoms with Crippen LogP contribution in [0.25, 0.3) is 0 Å². The van der Waals surface area contributed by atoms with E-state index in [1.807, 2.05) is 13.0 Å². The van der Waals surface area contributed by atoms with Crippen molar-refractivity contribution in [1.82, 2.24) is 10.2 Å². The molecule has 1 aromatic rings. The molecule has 3 rings (SSSR count). The van der Waals surface area contributed by atoms with Crippen molar-refractivity contribution in [3.63, 3.8) is 0 Å². The van der Waals surface area contributed by atoms with Gasteiger partial charge in [-0.3, -0.25) is 4.90 Å². The highest BCUT2D eigenvalue weighted by Gasteiger charge is 2.32. The zero-order valence-corrected chi connectivity index (χ0v) is 15.6. The number of aryl methyl sites for hydroxylation is 1. The van der Waals surface area contributed by atoms with Gasteiger partial charge in [-0.2, -0.15) is 0 Å². The van der Waals surface area contributed by atoms with Crippen molar-refractivity contribution in [2.45, 2.75) is 45.1 Å². The Morgan fingerprint density at radius 2 is 1.74 bits per heavy atom. The van der Waals surface area contributed by atoms with E-state index < -0.39 is 0 Å². The molecule has 2 aliphatic rings. The van der Waals surface area contributed by atoms with Gasteiger partial charge in [-0.15, -0.1) is 24.8 Å². The number of piperazine rings is 1. The number of rotatable bonds is 3. The predicted octanol–water partition coefficient (Wildman–Crippen LogP) is 4.07. The lowest BCUT2D eigenvalue weighted by atomic mass is 9.79. The molecule has 1 heterocycles. The first kappa shape index (κ1) is 20.6. The molecule has 1 aliphatic carbocycles. The van der Waals surface area contributed by atoms with Crippen molar-refractivity contribution >= 4 is 24.8 Å². The number of phenolic OH excluding ortho intramolecular Hbond substituents is 1. The highest BCUT2D eigenvalue weighted by molar-refractivity contribution is 5.85. The summed E-state index contributed by atoms with van der Waals surface area (Å²) in [4.78, 5) is 2.60. The Morgan fingerprint density at radius 1 is 1.09 bits per heavy atom. The van der Waals surface area contributed by atoms with E-state index >= 15 is 0 Å². The summed E-state index contributed by atoms with van der Waals surface area (Å²) in [7, 11) is 0. The van der Waals surface area contributed by atoms with Gasteiger partial charge in [0.25, 0.3) is 0 Å². The van der Waals surface area contributed by atoms with Crippen LogP contribution in [0.1, 0.15) is 49.3 Å². The van der Waals surface area contributed by atoms with Crippen LogP contribution in [0.5, 0.6) is 5.75 Å². The first-order valence-electron chi connectivity index (χ1n) is 8.50. The Bertz CT molecular complexity index is 454. The molecule has 1 atom stereocenters. The van der Waals surface area contributed by atoms with Gasteiger partial charge >= 0.3 is 0 Å². The minimum absolute atomic E-state index is 0. The standard InChI is InChI=1S/C18H28N2O.2ClH/c1-14-6-5-9-16(18(14)21)17(15-7-3-2-4-8-15)20-12-10-19-11-13-20;;/h5-6,9,15,17,19,21H,2-4,7-8,10-13H2,1H3;2*1H/t17-;;/m1../s1. The van der Waals surface area contributed by atoms with Crippen molar-refractivity contribution in [2.24, 2.45) is 5.92 Å². The van der Waals surface area contributed by atoms with Gasteiger partial charge in [0.2, 0.25) is 0 Å². The summed E-state index contributed by atoms with van der Waals surface area (Å²) in [6.07, 6.45) is 6.69. The van der Waals surface area contributed by atoms with E-state index in [9.17, 15) is 5.11 Å². The smallest absolute Gasteiger partial charge is 0.123 e. The molecular formula is C18H30Cl2N2O. The lowest BCUT2D eigenvalue weighted by Crippen LogP contribution is -2.47. The summed E-state index contributed by atoms with van der Waals surface area (Å²) in [5.74, 6) is 1.22. The van der Waals surface area contributed by atoms with Crippen molar-refractivity contribution in [3.8, 4) is 5.75 Å². The summed E-state index contributed by atoms with van der Waals surface area (Å²) >= 11 is 0.